The Labute approximate surface area is 113 Å². The van der Waals surface area contributed by atoms with Gasteiger partial charge in [0.25, 0.3) is 0 Å². The first kappa shape index (κ1) is 15.5. The van der Waals surface area contributed by atoms with E-state index < -0.39 is 23.4 Å². The normalized spacial score (nSPS) is 9.70. The molecule has 108 valence electrons. The Bertz CT molecular complexity index is 509. The minimum atomic E-state index is -1.06. The highest BCUT2D eigenvalue weighted by atomic mass is 19.1. The molecule has 0 fully saturated rings. The maximum Gasteiger partial charge on any atom is 0.313 e. The molecule has 0 saturated heterocycles. The number of carbonyl (C=O) groups is 3. The minimum Gasteiger partial charge on any atom is -0.359 e. The Hall–Kier alpha value is -2.51. The van der Waals surface area contributed by atoms with Crippen molar-refractivity contribution >= 4 is 23.9 Å². The third-order valence-corrected chi connectivity index (χ3v) is 2.25. The van der Waals surface area contributed by atoms with Gasteiger partial charge in [0.15, 0.2) is 0 Å². The molecule has 0 atom stereocenters. The van der Waals surface area contributed by atoms with Crippen LogP contribution in [0.1, 0.15) is 6.42 Å². The molecule has 1 aromatic carbocycles. The van der Waals surface area contributed by atoms with Crippen LogP contribution >= 0.6 is 0 Å². The number of benzene rings is 1. The van der Waals surface area contributed by atoms with Gasteiger partial charge in [-0.25, -0.2) is 8.78 Å². The number of rotatable bonds is 6. The zero-order chi connectivity index (χ0) is 15.0. The van der Waals surface area contributed by atoms with Crippen molar-refractivity contribution < 1.29 is 23.2 Å². The number of nitrogens with one attached hydrogen (secondary N) is 3. The predicted molar refractivity (Wildman–Crippen MR) is 66.7 cm³/mol. The van der Waals surface area contributed by atoms with Crippen LogP contribution < -0.4 is 16.0 Å². The van der Waals surface area contributed by atoms with E-state index in [1.807, 2.05) is 5.32 Å². The molecule has 1 aromatic rings. The highest BCUT2D eigenvalue weighted by Gasteiger charge is 2.15. The van der Waals surface area contributed by atoms with Crippen LogP contribution in [0.4, 0.5) is 14.5 Å². The van der Waals surface area contributed by atoms with Crippen molar-refractivity contribution in [3.05, 3.63) is 29.8 Å². The monoisotopic (exact) mass is 285 g/mol. The van der Waals surface area contributed by atoms with Gasteiger partial charge < -0.3 is 16.0 Å². The van der Waals surface area contributed by atoms with Gasteiger partial charge in [-0.2, -0.15) is 0 Å². The minimum absolute atomic E-state index is 0.180. The van der Waals surface area contributed by atoms with E-state index in [0.717, 1.165) is 12.1 Å². The van der Waals surface area contributed by atoms with Crippen LogP contribution in [0.15, 0.2) is 18.2 Å². The van der Waals surface area contributed by atoms with E-state index in [4.69, 9.17) is 0 Å². The molecule has 0 aliphatic heterocycles. The van der Waals surface area contributed by atoms with Crippen LogP contribution in [0.3, 0.4) is 0 Å². The molecule has 0 aromatic heterocycles. The van der Waals surface area contributed by atoms with Crippen molar-refractivity contribution in [2.75, 3.05) is 18.4 Å². The summed E-state index contributed by atoms with van der Waals surface area (Å²) >= 11 is 0. The van der Waals surface area contributed by atoms with E-state index in [0.29, 0.717) is 25.4 Å². The van der Waals surface area contributed by atoms with Gasteiger partial charge in [-0.3, -0.25) is 14.4 Å². The molecule has 0 bridgehead atoms. The summed E-state index contributed by atoms with van der Waals surface area (Å²) in [4.78, 5) is 32.7. The van der Waals surface area contributed by atoms with E-state index in [9.17, 15) is 23.2 Å². The van der Waals surface area contributed by atoms with Crippen LogP contribution in [0.25, 0.3) is 0 Å². The number of anilines is 1. The second-order valence-electron chi connectivity index (χ2n) is 3.76. The van der Waals surface area contributed by atoms with Gasteiger partial charge in [-0.05, 0) is 18.6 Å². The first-order valence-electron chi connectivity index (χ1n) is 5.76. The van der Waals surface area contributed by atoms with Crippen molar-refractivity contribution in [3.63, 3.8) is 0 Å². The lowest BCUT2D eigenvalue weighted by molar-refractivity contribution is -0.136. The molecule has 0 heterocycles. The molecule has 0 unspecified atom stereocenters. The highest BCUT2D eigenvalue weighted by Crippen LogP contribution is 2.14. The van der Waals surface area contributed by atoms with Gasteiger partial charge in [-0.15, -0.1) is 0 Å². The van der Waals surface area contributed by atoms with Gasteiger partial charge in [-0.1, -0.05) is 0 Å². The van der Waals surface area contributed by atoms with Crippen molar-refractivity contribution in [2.24, 2.45) is 0 Å². The average Bonchev–Trinajstić information content (AvgIpc) is 2.41. The SMILES string of the molecule is O=CNCCCNC(=O)C(=O)Nc1ccc(F)cc1F. The molecule has 0 saturated carbocycles. The van der Waals surface area contributed by atoms with E-state index in [2.05, 4.69) is 10.6 Å². The molecular weight excluding hydrogens is 272 g/mol. The molecule has 0 spiro atoms. The van der Waals surface area contributed by atoms with Gasteiger partial charge in [0.2, 0.25) is 6.41 Å². The molecule has 3 N–H and O–H groups in total. The van der Waals surface area contributed by atoms with E-state index in [1.54, 1.807) is 0 Å². The fraction of sp³-hybridized carbons (Fsp3) is 0.250. The summed E-state index contributed by atoms with van der Waals surface area (Å²) in [6.45, 7) is 0.539. The Morgan fingerprint density at radius 2 is 1.90 bits per heavy atom. The van der Waals surface area contributed by atoms with Crippen molar-refractivity contribution in [3.8, 4) is 0 Å². The number of halogens is 2. The summed E-state index contributed by atoms with van der Waals surface area (Å²) in [5.41, 5.74) is -0.283. The number of amides is 3. The first-order valence-corrected chi connectivity index (χ1v) is 5.76. The third-order valence-electron chi connectivity index (χ3n) is 2.25. The molecule has 6 nitrogen and oxygen atoms in total. The quantitative estimate of drug-likeness (QED) is 0.395. The lowest BCUT2D eigenvalue weighted by atomic mass is 10.3. The van der Waals surface area contributed by atoms with Gasteiger partial charge in [0.1, 0.15) is 11.6 Å². The molecule has 0 aliphatic rings. The number of carbonyl (C=O) groups excluding carboxylic acids is 3. The van der Waals surface area contributed by atoms with Crippen molar-refractivity contribution in [1.29, 1.82) is 0 Å². The number of hydrogen-bond donors (Lipinski definition) is 3. The van der Waals surface area contributed by atoms with Crippen LogP contribution in [0.5, 0.6) is 0 Å². The average molecular weight is 285 g/mol. The second-order valence-corrected chi connectivity index (χ2v) is 3.76. The Morgan fingerprint density at radius 3 is 2.55 bits per heavy atom. The van der Waals surface area contributed by atoms with Gasteiger partial charge >= 0.3 is 11.8 Å². The lowest BCUT2D eigenvalue weighted by Crippen LogP contribution is -2.36. The standard InChI is InChI=1S/C12H13F2N3O3/c13-8-2-3-10(9(14)6-8)17-12(20)11(19)16-5-1-4-15-7-18/h2-3,6-7H,1,4-5H2,(H,15,18)(H,16,19)(H,17,20). The highest BCUT2D eigenvalue weighted by molar-refractivity contribution is 6.39. The molecule has 0 aliphatic carbocycles. The predicted octanol–water partition coefficient (Wildman–Crippen LogP) is 0.156. The molecule has 3 amide bonds. The van der Waals surface area contributed by atoms with Crippen LogP contribution in [-0.2, 0) is 14.4 Å². The Kier molecular flexibility index (Phi) is 6.08. The number of hydrogen-bond acceptors (Lipinski definition) is 3. The van der Waals surface area contributed by atoms with Crippen LogP contribution in [0.2, 0.25) is 0 Å². The largest absolute Gasteiger partial charge is 0.359 e. The van der Waals surface area contributed by atoms with E-state index >= 15 is 0 Å². The fourth-order valence-corrected chi connectivity index (χ4v) is 1.30. The summed E-state index contributed by atoms with van der Waals surface area (Å²) in [7, 11) is 0. The maximum absolute atomic E-state index is 13.2. The molecule has 20 heavy (non-hydrogen) atoms. The summed E-state index contributed by atoms with van der Waals surface area (Å²) in [6.07, 6.45) is 0.967. The van der Waals surface area contributed by atoms with Crippen molar-refractivity contribution in [2.45, 2.75) is 6.42 Å². The zero-order valence-corrected chi connectivity index (χ0v) is 10.4. The second kappa shape index (κ2) is 7.82. The summed E-state index contributed by atoms with van der Waals surface area (Å²) < 4.78 is 25.9. The zero-order valence-electron chi connectivity index (χ0n) is 10.4. The molecule has 0 radical (unpaired) electrons. The first-order chi connectivity index (χ1) is 9.54. The maximum atomic E-state index is 13.2. The topological polar surface area (TPSA) is 87.3 Å². The van der Waals surface area contributed by atoms with Crippen LogP contribution in [0, 0.1) is 11.6 Å². The molecule has 8 heteroatoms. The fourth-order valence-electron chi connectivity index (χ4n) is 1.30. The van der Waals surface area contributed by atoms with Crippen LogP contribution in [-0.4, -0.2) is 31.3 Å². The Morgan fingerprint density at radius 1 is 1.15 bits per heavy atom. The lowest BCUT2D eigenvalue weighted by Gasteiger charge is -2.07. The van der Waals surface area contributed by atoms with E-state index in [1.165, 1.54) is 0 Å². The van der Waals surface area contributed by atoms with E-state index in [-0.39, 0.29) is 12.2 Å². The third kappa shape index (κ3) is 5.01. The summed E-state index contributed by atoms with van der Waals surface area (Å²) in [6, 6.07) is 2.57. The molecule has 1 rings (SSSR count). The molecular formula is C12H13F2N3O3. The van der Waals surface area contributed by atoms with Crippen molar-refractivity contribution in [1.82, 2.24) is 10.6 Å². The van der Waals surface area contributed by atoms with Gasteiger partial charge in [0, 0.05) is 19.2 Å². The summed E-state index contributed by atoms with van der Waals surface area (Å²) in [5, 5.41) is 6.70. The Balaban J connectivity index is 2.41. The van der Waals surface area contributed by atoms with Gasteiger partial charge in [0.05, 0.1) is 5.69 Å². The smallest absolute Gasteiger partial charge is 0.313 e. The summed E-state index contributed by atoms with van der Waals surface area (Å²) in [5.74, 6) is -3.76.